The summed E-state index contributed by atoms with van der Waals surface area (Å²) in [6.45, 7) is 1.17. The van der Waals surface area contributed by atoms with Crippen LogP contribution in [0.25, 0.3) is 0 Å². The number of carbonyl (C=O) groups is 1. The molecule has 4 aromatic carbocycles. The number of carbonyl (C=O) groups excluding carboxylic acids is 1. The monoisotopic (exact) mass is 510 g/mol. The van der Waals surface area contributed by atoms with E-state index in [0.717, 1.165) is 30.7 Å². The summed E-state index contributed by atoms with van der Waals surface area (Å²) in [6.07, 6.45) is 2.72. The first-order chi connectivity index (χ1) is 18.2. The predicted octanol–water partition coefficient (Wildman–Crippen LogP) is 6.45. The molecule has 1 amide bonds. The Balaban J connectivity index is 1.19. The minimum absolute atomic E-state index is 0.219. The summed E-state index contributed by atoms with van der Waals surface area (Å²) in [4.78, 5) is 12.7. The first kappa shape index (κ1) is 25.9. The molecule has 0 saturated heterocycles. The Bertz CT molecular complexity index is 1280. The summed E-state index contributed by atoms with van der Waals surface area (Å²) in [5.41, 5.74) is 3.75. The van der Waals surface area contributed by atoms with Gasteiger partial charge in [0.2, 0.25) is 0 Å². The topological polar surface area (TPSA) is 59.6 Å². The van der Waals surface area contributed by atoms with Crippen molar-refractivity contribution in [2.45, 2.75) is 19.3 Å². The number of hydrogen-bond donors (Lipinski definition) is 2. The van der Waals surface area contributed by atoms with Gasteiger partial charge in [0, 0.05) is 17.7 Å². The van der Waals surface area contributed by atoms with E-state index in [0.29, 0.717) is 24.5 Å². The van der Waals surface area contributed by atoms with Crippen LogP contribution in [0.5, 0.6) is 11.5 Å². The van der Waals surface area contributed by atoms with Gasteiger partial charge < -0.3 is 14.8 Å². The first-order valence-electron chi connectivity index (χ1n) is 12.3. The van der Waals surface area contributed by atoms with E-state index in [1.807, 2.05) is 54.6 Å². The van der Waals surface area contributed by atoms with Crippen molar-refractivity contribution in [3.8, 4) is 11.5 Å². The molecule has 5 nitrogen and oxygen atoms in total. The van der Waals surface area contributed by atoms with Crippen LogP contribution in [0, 0.1) is 0 Å². The zero-order chi connectivity index (χ0) is 25.7. The summed E-state index contributed by atoms with van der Waals surface area (Å²) < 4.78 is 11.7. The molecule has 0 unspecified atom stereocenters. The molecule has 0 bridgehead atoms. The molecule has 4 rings (SSSR count). The lowest BCUT2D eigenvalue weighted by Gasteiger charge is -2.12. The molecule has 2 N–H and O–H groups in total. The predicted molar refractivity (Wildman–Crippen MR) is 152 cm³/mol. The Kier molecular flexibility index (Phi) is 9.67. The van der Waals surface area contributed by atoms with Crippen LogP contribution in [0.2, 0.25) is 0 Å². The number of nitrogens with one attached hydrogen (secondary N) is 2. The zero-order valence-electron chi connectivity index (χ0n) is 20.6. The van der Waals surface area contributed by atoms with Gasteiger partial charge in [0.1, 0.15) is 11.5 Å². The van der Waals surface area contributed by atoms with E-state index in [1.165, 1.54) is 11.1 Å². The van der Waals surface area contributed by atoms with Crippen LogP contribution in [0.1, 0.15) is 27.9 Å². The van der Waals surface area contributed by atoms with E-state index in [1.54, 1.807) is 18.2 Å². The first-order valence-corrected chi connectivity index (χ1v) is 12.7. The summed E-state index contributed by atoms with van der Waals surface area (Å²) >= 11 is 5.33. The highest BCUT2D eigenvalue weighted by atomic mass is 32.1. The lowest BCUT2D eigenvalue weighted by atomic mass is 10.1. The molecular formula is C31H30N2O3S. The fourth-order valence-electron chi connectivity index (χ4n) is 3.74. The largest absolute Gasteiger partial charge is 0.494 e. The van der Waals surface area contributed by atoms with E-state index in [4.69, 9.17) is 21.7 Å². The molecule has 6 heteroatoms. The lowest BCUT2D eigenvalue weighted by Crippen LogP contribution is -2.34. The number of benzene rings is 4. The molecule has 0 radical (unpaired) electrons. The molecule has 4 aromatic rings. The Hall–Kier alpha value is -4.16. The number of anilines is 1. The number of hydrogen-bond acceptors (Lipinski definition) is 4. The second-order valence-corrected chi connectivity index (χ2v) is 8.89. The normalized spacial score (nSPS) is 10.4. The Morgan fingerprint density at radius 2 is 1.32 bits per heavy atom. The van der Waals surface area contributed by atoms with Crippen molar-refractivity contribution >= 4 is 28.9 Å². The quantitative estimate of drug-likeness (QED) is 0.179. The minimum Gasteiger partial charge on any atom is -0.494 e. The van der Waals surface area contributed by atoms with Crippen LogP contribution < -0.4 is 20.1 Å². The maximum Gasteiger partial charge on any atom is 0.257 e. The van der Waals surface area contributed by atoms with Crippen molar-refractivity contribution < 1.29 is 14.3 Å². The zero-order valence-corrected chi connectivity index (χ0v) is 21.4. The number of amides is 1. The van der Waals surface area contributed by atoms with Gasteiger partial charge in [-0.15, -0.1) is 0 Å². The van der Waals surface area contributed by atoms with E-state index in [9.17, 15) is 4.79 Å². The number of rotatable bonds is 11. The van der Waals surface area contributed by atoms with Gasteiger partial charge in [-0.1, -0.05) is 66.7 Å². The second-order valence-electron chi connectivity index (χ2n) is 8.48. The highest BCUT2D eigenvalue weighted by Gasteiger charge is 2.09. The van der Waals surface area contributed by atoms with Crippen LogP contribution >= 0.6 is 12.2 Å². The van der Waals surface area contributed by atoms with Gasteiger partial charge in [0.15, 0.2) is 5.11 Å². The van der Waals surface area contributed by atoms with Gasteiger partial charge in [0.05, 0.1) is 13.2 Å². The van der Waals surface area contributed by atoms with E-state index in [-0.39, 0.29) is 11.0 Å². The standard InChI is InChI=1S/C31H30N2O3S/c34-30(26-14-7-15-29(23-26)36-22-20-25-11-5-2-6-12-25)33-31(37)32-27-16-18-28(19-17-27)35-21-8-13-24-9-3-1-4-10-24/h1-7,9-12,14-19,23H,8,13,20-22H2,(H2,32,33,34,37). The maximum atomic E-state index is 12.7. The molecular weight excluding hydrogens is 480 g/mol. The van der Waals surface area contributed by atoms with Crippen LogP contribution in [0.15, 0.2) is 109 Å². The summed E-state index contributed by atoms with van der Waals surface area (Å²) in [6, 6.07) is 35.1. The van der Waals surface area contributed by atoms with Gasteiger partial charge >= 0.3 is 0 Å². The third kappa shape index (κ3) is 8.78. The van der Waals surface area contributed by atoms with E-state index >= 15 is 0 Å². The smallest absolute Gasteiger partial charge is 0.257 e. The van der Waals surface area contributed by atoms with Crippen molar-refractivity contribution in [1.82, 2.24) is 5.32 Å². The molecule has 0 saturated carbocycles. The Morgan fingerprint density at radius 3 is 2.03 bits per heavy atom. The van der Waals surface area contributed by atoms with Crippen molar-refractivity contribution in [1.29, 1.82) is 0 Å². The molecule has 0 fully saturated rings. The SMILES string of the molecule is O=C(NC(=S)Nc1ccc(OCCCc2ccccc2)cc1)c1cccc(OCCc2ccccc2)c1. The van der Waals surface area contributed by atoms with Crippen molar-refractivity contribution in [3.63, 3.8) is 0 Å². The van der Waals surface area contributed by atoms with Crippen LogP contribution in [0.3, 0.4) is 0 Å². The highest BCUT2D eigenvalue weighted by molar-refractivity contribution is 7.80. The van der Waals surface area contributed by atoms with Crippen molar-refractivity contribution in [3.05, 3.63) is 126 Å². The highest BCUT2D eigenvalue weighted by Crippen LogP contribution is 2.17. The number of thiocarbonyl (C=S) groups is 1. The molecule has 188 valence electrons. The Morgan fingerprint density at radius 1 is 0.676 bits per heavy atom. The average molecular weight is 511 g/mol. The minimum atomic E-state index is -0.302. The van der Waals surface area contributed by atoms with Gasteiger partial charge in [-0.25, -0.2) is 0 Å². The van der Waals surface area contributed by atoms with Gasteiger partial charge in [-0.3, -0.25) is 10.1 Å². The Labute approximate surface area is 223 Å². The molecule has 0 heterocycles. The van der Waals surface area contributed by atoms with E-state index in [2.05, 4.69) is 47.0 Å². The summed E-state index contributed by atoms with van der Waals surface area (Å²) in [5, 5.41) is 5.98. The number of aryl methyl sites for hydroxylation is 1. The molecule has 0 aliphatic rings. The molecule has 0 aliphatic heterocycles. The van der Waals surface area contributed by atoms with Crippen molar-refractivity contribution in [2.75, 3.05) is 18.5 Å². The number of ether oxygens (including phenoxy) is 2. The van der Waals surface area contributed by atoms with Crippen LogP contribution in [-0.4, -0.2) is 24.2 Å². The second kappa shape index (κ2) is 13.8. The molecule has 0 atom stereocenters. The van der Waals surface area contributed by atoms with Crippen molar-refractivity contribution in [2.24, 2.45) is 0 Å². The fourth-order valence-corrected chi connectivity index (χ4v) is 3.95. The fraction of sp³-hybridized carbons (Fsp3) is 0.161. The van der Waals surface area contributed by atoms with Crippen LogP contribution in [0.4, 0.5) is 5.69 Å². The molecule has 0 spiro atoms. The van der Waals surface area contributed by atoms with Gasteiger partial charge in [0.25, 0.3) is 5.91 Å². The van der Waals surface area contributed by atoms with E-state index < -0.39 is 0 Å². The van der Waals surface area contributed by atoms with Gasteiger partial charge in [-0.05, 0) is 78.7 Å². The molecule has 0 aromatic heterocycles. The molecule has 37 heavy (non-hydrogen) atoms. The maximum absolute atomic E-state index is 12.7. The summed E-state index contributed by atoms with van der Waals surface area (Å²) in [7, 11) is 0. The van der Waals surface area contributed by atoms with Crippen LogP contribution in [-0.2, 0) is 12.8 Å². The lowest BCUT2D eigenvalue weighted by molar-refractivity contribution is 0.0977. The van der Waals surface area contributed by atoms with Gasteiger partial charge in [-0.2, -0.15) is 0 Å². The third-order valence-electron chi connectivity index (χ3n) is 5.66. The summed E-state index contributed by atoms with van der Waals surface area (Å²) in [5.74, 6) is 1.13. The average Bonchev–Trinajstić information content (AvgIpc) is 2.93. The molecule has 0 aliphatic carbocycles. The third-order valence-corrected chi connectivity index (χ3v) is 5.86.